The minimum atomic E-state index is -3.81. The zero-order chi connectivity index (χ0) is 22.2. The van der Waals surface area contributed by atoms with Crippen LogP contribution in [-0.2, 0) is 14.8 Å². The number of nitrogens with zero attached hydrogens (tertiary/aromatic N) is 1. The van der Waals surface area contributed by atoms with Gasteiger partial charge < -0.3 is 20.1 Å². The van der Waals surface area contributed by atoms with Gasteiger partial charge in [-0.15, -0.1) is 0 Å². The summed E-state index contributed by atoms with van der Waals surface area (Å²) in [6, 6.07) is 10.7. The third-order valence-corrected chi connectivity index (χ3v) is 6.84. The van der Waals surface area contributed by atoms with Crippen LogP contribution in [0.15, 0.2) is 53.6 Å². The number of benzene rings is 2. The standard InChI is InChI=1S/C21H22FN3O5S/c22-14-3-6-16-17(10-23-18(16)9-14)13-1-4-15(5-2-13)31(29,30)24-8-7-21(28)25-11-19(26)20(27)12-25/h1-6,9-10,19-20,23-24,26-27H,7-8,11-12H2/t19-,20-/m1/s1. The number of aromatic nitrogens is 1. The second-order valence-corrected chi connectivity index (χ2v) is 9.26. The largest absolute Gasteiger partial charge is 0.388 e. The first kappa shape index (κ1) is 21.4. The molecule has 1 amide bonds. The molecule has 10 heteroatoms. The normalized spacial score (nSPS) is 19.3. The van der Waals surface area contributed by atoms with Gasteiger partial charge in [0, 0.05) is 48.7 Å². The molecular formula is C21H22FN3O5S. The molecule has 1 fully saturated rings. The maximum absolute atomic E-state index is 13.4. The Labute approximate surface area is 178 Å². The van der Waals surface area contributed by atoms with Crippen LogP contribution in [0.5, 0.6) is 0 Å². The lowest BCUT2D eigenvalue weighted by molar-refractivity contribution is -0.130. The number of likely N-dealkylation sites (tertiary alicyclic amines) is 1. The first-order chi connectivity index (χ1) is 14.7. The molecule has 1 aromatic heterocycles. The van der Waals surface area contributed by atoms with E-state index in [0.717, 1.165) is 16.5 Å². The summed E-state index contributed by atoms with van der Waals surface area (Å²) >= 11 is 0. The van der Waals surface area contributed by atoms with Crippen LogP contribution >= 0.6 is 0 Å². The van der Waals surface area contributed by atoms with E-state index in [4.69, 9.17) is 0 Å². The number of hydrogen-bond donors (Lipinski definition) is 4. The van der Waals surface area contributed by atoms with E-state index >= 15 is 0 Å². The highest BCUT2D eigenvalue weighted by atomic mass is 32.2. The smallest absolute Gasteiger partial charge is 0.240 e. The lowest BCUT2D eigenvalue weighted by Crippen LogP contribution is -2.33. The van der Waals surface area contributed by atoms with E-state index < -0.39 is 22.2 Å². The Kier molecular flexibility index (Phi) is 5.80. The van der Waals surface area contributed by atoms with Crippen molar-refractivity contribution in [2.45, 2.75) is 23.5 Å². The Morgan fingerprint density at radius 1 is 1.13 bits per heavy atom. The summed E-state index contributed by atoms with van der Waals surface area (Å²) in [5, 5.41) is 19.8. The molecule has 1 saturated heterocycles. The number of amides is 1. The third-order valence-electron chi connectivity index (χ3n) is 5.36. The molecule has 2 atom stereocenters. The number of carbonyl (C=O) groups is 1. The molecule has 0 unspecified atom stereocenters. The average molecular weight is 447 g/mol. The van der Waals surface area contributed by atoms with Gasteiger partial charge >= 0.3 is 0 Å². The number of H-pyrrole nitrogens is 1. The Morgan fingerprint density at radius 3 is 2.48 bits per heavy atom. The molecule has 0 bridgehead atoms. The van der Waals surface area contributed by atoms with Crippen molar-refractivity contribution in [1.29, 1.82) is 0 Å². The quantitative estimate of drug-likeness (QED) is 0.452. The second kappa shape index (κ2) is 8.39. The molecule has 8 nitrogen and oxygen atoms in total. The SMILES string of the molecule is O=C(CCNS(=O)(=O)c1ccc(-c2c[nH]c3cc(F)ccc23)cc1)N1C[C@@H](O)[C@H](O)C1. The molecule has 1 aliphatic rings. The molecule has 3 aromatic rings. The number of β-amino-alcohol motifs (C(OH)–C–C–N with tert-alkyl or cyclic N) is 2. The maximum atomic E-state index is 13.4. The van der Waals surface area contributed by atoms with E-state index in [9.17, 15) is 27.8 Å². The maximum Gasteiger partial charge on any atom is 0.240 e. The Bertz CT molecular complexity index is 1200. The summed E-state index contributed by atoms with van der Waals surface area (Å²) in [7, 11) is -3.81. The number of rotatable bonds is 6. The molecule has 4 N–H and O–H groups in total. The van der Waals surface area contributed by atoms with Gasteiger partial charge in [-0.05, 0) is 35.9 Å². The van der Waals surface area contributed by atoms with Gasteiger partial charge in [0.25, 0.3) is 0 Å². The predicted molar refractivity (Wildman–Crippen MR) is 112 cm³/mol. The first-order valence-electron chi connectivity index (χ1n) is 9.75. The monoisotopic (exact) mass is 447 g/mol. The van der Waals surface area contributed by atoms with E-state index in [2.05, 4.69) is 9.71 Å². The fraction of sp³-hybridized carbons (Fsp3) is 0.286. The van der Waals surface area contributed by atoms with E-state index in [1.165, 1.54) is 29.2 Å². The van der Waals surface area contributed by atoms with Crippen LogP contribution in [-0.4, -0.2) is 66.3 Å². The van der Waals surface area contributed by atoms with Crippen molar-refractivity contribution in [3.8, 4) is 11.1 Å². The van der Waals surface area contributed by atoms with Crippen molar-refractivity contribution >= 4 is 26.8 Å². The van der Waals surface area contributed by atoms with Gasteiger partial charge in [0.15, 0.2) is 0 Å². The Hall–Kier alpha value is -2.79. The van der Waals surface area contributed by atoms with Gasteiger partial charge in [-0.25, -0.2) is 17.5 Å². The number of sulfonamides is 1. The van der Waals surface area contributed by atoms with Crippen molar-refractivity contribution in [3.05, 3.63) is 54.5 Å². The molecule has 4 rings (SSSR count). The fourth-order valence-corrected chi connectivity index (χ4v) is 4.69. The molecule has 2 aromatic carbocycles. The molecule has 1 aliphatic heterocycles. The molecule has 0 radical (unpaired) electrons. The minimum absolute atomic E-state index is 0.0364. The van der Waals surface area contributed by atoms with Crippen molar-refractivity contribution in [3.63, 3.8) is 0 Å². The van der Waals surface area contributed by atoms with Crippen molar-refractivity contribution in [2.75, 3.05) is 19.6 Å². The zero-order valence-corrected chi connectivity index (χ0v) is 17.3. The molecule has 164 valence electrons. The number of aliphatic hydroxyl groups is 2. The Morgan fingerprint density at radius 2 is 1.81 bits per heavy atom. The van der Waals surface area contributed by atoms with E-state index in [0.29, 0.717) is 5.52 Å². The number of aliphatic hydroxyl groups excluding tert-OH is 2. The lowest BCUT2D eigenvalue weighted by Gasteiger charge is -2.15. The predicted octanol–water partition coefficient (Wildman–Crippen LogP) is 1.21. The lowest BCUT2D eigenvalue weighted by atomic mass is 10.1. The van der Waals surface area contributed by atoms with Crippen LogP contribution in [0.1, 0.15) is 6.42 Å². The van der Waals surface area contributed by atoms with E-state index in [-0.39, 0.29) is 42.7 Å². The van der Waals surface area contributed by atoms with Crippen LogP contribution in [0.2, 0.25) is 0 Å². The molecular weight excluding hydrogens is 425 g/mol. The number of nitrogens with one attached hydrogen (secondary N) is 2. The second-order valence-electron chi connectivity index (χ2n) is 7.50. The number of aromatic amines is 1. The van der Waals surface area contributed by atoms with Gasteiger partial charge in [-0.3, -0.25) is 4.79 Å². The molecule has 0 aliphatic carbocycles. The first-order valence-corrected chi connectivity index (χ1v) is 11.2. The number of hydrogen-bond acceptors (Lipinski definition) is 5. The summed E-state index contributed by atoms with van der Waals surface area (Å²) in [5.74, 6) is -0.687. The van der Waals surface area contributed by atoms with Crippen LogP contribution in [0.25, 0.3) is 22.0 Å². The number of carbonyl (C=O) groups excluding carboxylic acids is 1. The van der Waals surface area contributed by atoms with Gasteiger partial charge in [-0.2, -0.15) is 0 Å². The zero-order valence-electron chi connectivity index (χ0n) is 16.5. The molecule has 0 spiro atoms. The van der Waals surface area contributed by atoms with E-state index in [1.807, 2.05) is 0 Å². The van der Waals surface area contributed by atoms with Gasteiger partial charge in [0.2, 0.25) is 15.9 Å². The molecule has 2 heterocycles. The third kappa shape index (κ3) is 4.47. The highest BCUT2D eigenvalue weighted by Gasteiger charge is 2.32. The van der Waals surface area contributed by atoms with Crippen molar-refractivity contribution < 1.29 is 27.8 Å². The van der Waals surface area contributed by atoms with Crippen molar-refractivity contribution in [1.82, 2.24) is 14.6 Å². The summed E-state index contributed by atoms with van der Waals surface area (Å²) in [4.78, 5) is 16.5. The van der Waals surface area contributed by atoms with Gasteiger partial charge in [-0.1, -0.05) is 12.1 Å². The number of halogens is 1. The summed E-state index contributed by atoms with van der Waals surface area (Å²) in [6.45, 7) is -0.0248. The molecule has 31 heavy (non-hydrogen) atoms. The summed E-state index contributed by atoms with van der Waals surface area (Å²) in [5.41, 5.74) is 2.25. The average Bonchev–Trinajstić information content (AvgIpc) is 3.30. The van der Waals surface area contributed by atoms with Crippen molar-refractivity contribution in [2.24, 2.45) is 0 Å². The summed E-state index contributed by atoms with van der Waals surface area (Å²) < 4.78 is 40.8. The topological polar surface area (TPSA) is 123 Å². The van der Waals surface area contributed by atoms with Crippen LogP contribution in [0.3, 0.4) is 0 Å². The van der Waals surface area contributed by atoms with Crippen LogP contribution < -0.4 is 4.72 Å². The highest BCUT2D eigenvalue weighted by molar-refractivity contribution is 7.89. The van der Waals surface area contributed by atoms with Crippen LogP contribution in [0, 0.1) is 5.82 Å². The minimum Gasteiger partial charge on any atom is -0.388 e. The highest BCUT2D eigenvalue weighted by Crippen LogP contribution is 2.29. The Balaban J connectivity index is 1.40. The summed E-state index contributed by atoms with van der Waals surface area (Å²) in [6.07, 6.45) is -0.294. The van der Waals surface area contributed by atoms with E-state index in [1.54, 1.807) is 24.4 Å². The van der Waals surface area contributed by atoms with Crippen LogP contribution in [0.4, 0.5) is 4.39 Å². The van der Waals surface area contributed by atoms with Gasteiger partial charge in [0.05, 0.1) is 17.1 Å². The van der Waals surface area contributed by atoms with Gasteiger partial charge in [0.1, 0.15) is 5.82 Å². The number of fused-ring (bicyclic) bond motifs is 1. The fourth-order valence-electron chi connectivity index (χ4n) is 3.66. The molecule has 0 saturated carbocycles.